The van der Waals surface area contributed by atoms with Gasteiger partial charge in [-0.05, 0) is 35.9 Å². The summed E-state index contributed by atoms with van der Waals surface area (Å²) >= 11 is 13.3. The Kier molecular flexibility index (Phi) is 5.38. The molecule has 0 radical (unpaired) electrons. The third-order valence-electron chi connectivity index (χ3n) is 1.64. The Morgan fingerprint density at radius 3 is 2.43 bits per heavy atom. The number of halogens is 2. The first kappa shape index (κ1) is 11.9. The summed E-state index contributed by atoms with van der Waals surface area (Å²) in [5.41, 5.74) is 1.11. The third kappa shape index (κ3) is 4.36. The molecule has 0 aromatic heterocycles. The zero-order valence-electron chi connectivity index (χ0n) is 7.50. The van der Waals surface area contributed by atoms with Crippen LogP contribution in [0.3, 0.4) is 0 Å². The topological polar surface area (TPSA) is 17.1 Å². The SMILES string of the molecule is O=CCSCCc1cc(Cl)cc(Cl)c1. The highest BCUT2D eigenvalue weighted by atomic mass is 35.5. The zero-order valence-corrected chi connectivity index (χ0v) is 9.83. The van der Waals surface area contributed by atoms with Gasteiger partial charge in [0.25, 0.3) is 0 Å². The highest BCUT2D eigenvalue weighted by molar-refractivity contribution is 7.99. The molecule has 0 bridgehead atoms. The van der Waals surface area contributed by atoms with Crippen LogP contribution in [0.1, 0.15) is 5.56 Å². The second kappa shape index (κ2) is 6.33. The molecule has 0 saturated carbocycles. The lowest BCUT2D eigenvalue weighted by Crippen LogP contribution is -1.90. The van der Waals surface area contributed by atoms with Crippen molar-refractivity contribution in [3.63, 3.8) is 0 Å². The molecule has 0 spiro atoms. The van der Waals surface area contributed by atoms with Crippen molar-refractivity contribution < 1.29 is 4.79 Å². The van der Waals surface area contributed by atoms with E-state index >= 15 is 0 Å². The number of rotatable bonds is 5. The third-order valence-corrected chi connectivity index (χ3v) is 2.94. The molecule has 1 aromatic carbocycles. The van der Waals surface area contributed by atoms with Crippen LogP contribution >= 0.6 is 35.0 Å². The first-order valence-electron chi connectivity index (χ1n) is 4.18. The van der Waals surface area contributed by atoms with Crippen LogP contribution in [0.15, 0.2) is 18.2 Å². The smallest absolute Gasteiger partial charge is 0.129 e. The van der Waals surface area contributed by atoms with Crippen LogP contribution in [0.5, 0.6) is 0 Å². The molecule has 4 heteroatoms. The van der Waals surface area contributed by atoms with Crippen LogP contribution in [0, 0.1) is 0 Å². The summed E-state index contributed by atoms with van der Waals surface area (Å²) in [5, 5.41) is 1.32. The van der Waals surface area contributed by atoms with Crippen molar-refractivity contribution in [1.82, 2.24) is 0 Å². The lowest BCUT2D eigenvalue weighted by atomic mass is 10.2. The minimum Gasteiger partial charge on any atom is -0.302 e. The van der Waals surface area contributed by atoms with Gasteiger partial charge >= 0.3 is 0 Å². The van der Waals surface area contributed by atoms with Crippen LogP contribution in [-0.4, -0.2) is 17.8 Å². The van der Waals surface area contributed by atoms with Gasteiger partial charge in [0.1, 0.15) is 6.29 Å². The number of hydrogen-bond acceptors (Lipinski definition) is 2. The normalized spacial score (nSPS) is 10.1. The Hall–Kier alpha value is -0.180. The number of aryl methyl sites for hydroxylation is 1. The second-order valence-electron chi connectivity index (χ2n) is 2.77. The predicted molar refractivity (Wildman–Crippen MR) is 63.6 cm³/mol. The Labute approximate surface area is 97.8 Å². The number of carbonyl (C=O) groups excluding carboxylic acids is 1. The van der Waals surface area contributed by atoms with Crippen LogP contribution < -0.4 is 0 Å². The lowest BCUT2D eigenvalue weighted by molar-refractivity contribution is -0.105. The van der Waals surface area contributed by atoms with Gasteiger partial charge in [0.05, 0.1) is 0 Å². The average Bonchev–Trinajstić information content (AvgIpc) is 2.11. The largest absolute Gasteiger partial charge is 0.302 e. The molecule has 0 amide bonds. The van der Waals surface area contributed by atoms with Crippen molar-refractivity contribution in [2.45, 2.75) is 6.42 Å². The van der Waals surface area contributed by atoms with Crippen molar-refractivity contribution in [2.24, 2.45) is 0 Å². The standard InChI is InChI=1S/C10H10Cl2OS/c11-9-5-8(6-10(12)7-9)1-3-14-4-2-13/h2,5-7H,1,3-4H2. The van der Waals surface area contributed by atoms with Gasteiger partial charge in [0, 0.05) is 15.8 Å². The molecule has 1 nitrogen and oxygen atoms in total. The highest BCUT2D eigenvalue weighted by Gasteiger charge is 1.98. The number of thioether (sulfide) groups is 1. The Bertz CT molecular complexity index is 295. The zero-order chi connectivity index (χ0) is 10.4. The second-order valence-corrected chi connectivity index (χ2v) is 4.79. The number of carbonyl (C=O) groups is 1. The first-order chi connectivity index (χ1) is 6.72. The summed E-state index contributed by atoms with van der Waals surface area (Å²) in [6.07, 6.45) is 1.80. The van der Waals surface area contributed by atoms with E-state index in [1.807, 2.05) is 12.1 Å². The molecule has 0 unspecified atom stereocenters. The highest BCUT2D eigenvalue weighted by Crippen LogP contribution is 2.20. The monoisotopic (exact) mass is 248 g/mol. The van der Waals surface area contributed by atoms with E-state index in [1.54, 1.807) is 17.8 Å². The maximum Gasteiger partial charge on any atom is 0.129 e. The summed E-state index contributed by atoms with van der Waals surface area (Å²) in [6.45, 7) is 0. The number of hydrogen-bond donors (Lipinski definition) is 0. The molecular formula is C10H10Cl2OS. The molecule has 14 heavy (non-hydrogen) atoms. The van der Waals surface area contributed by atoms with E-state index in [2.05, 4.69) is 0 Å². The van der Waals surface area contributed by atoms with Gasteiger partial charge in [-0.3, -0.25) is 0 Å². The molecule has 0 aliphatic heterocycles. The molecule has 76 valence electrons. The van der Waals surface area contributed by atoms with Crippen molar-refractivity contribution in [1.29, 1.82) is 0 Å². The molecule has 0 atom stereocenters. The Balaban J connectivity index is 2.46. The quantitative estimate of drug-likeness (QED) is 0.587. The van der Waals surface area contributed by atoms with E-state index in [1.165, 1.54) is 0 Å². The summed E-state index contributed by atoms with van der Waals surface area (Å²) in [6, 6.07) is 5.51. The van der Waals surface area contributed by atoms with Gasteiger partial charge < -0.3 is 4.79 Å². The van der Waals surface area contributed by atoms with E-state index in [9.17, 15) is 4.79 Å². The fraction of sp³-hybridized carbons (Fsp3) is 0.300. The molecule has 0 saturated heterocycles. The lowest BCUT2D eigenvalue weighted by Gasteiger charge is -2.01. The van der Waals surface area contributed by atoms with E-state index in [-0.39, 0.29) is 0 Å². The van der Waals surface area contributed by atoms with Gasteiger partial charge in [-0.2, -0.15) is 11.8 Å². The van der Waals surface area contributed by atoms with Gasteiger partial charge in [-0.15, -0.1) is 0 Å². The maximum absolute atomic E-state index is 10.1. The molecule has 1 aromatic rings. The van der Waals surface area contributed by atoms with Crippen molar-refractivity contribution in [2.75, 3.05) is 11.5 Å². The van der Waals surface area contributed by atoms with Crippen molar-refractivity contribution in [3.8, 4) is 0 Å². The van der Waals surface area contributed by atoms with Gasteiger partial charge in [-0.25, -0.2) is 0 Å². The van der Waals surface area contributed by atoms with Gasteiger partial charge in [0.2, 0.25) is 0 Å². The van der Waals surface area contributed by atoms with Gasteiger partial charge in [0.15, 0.2) is 0 Å². The molecule has 0 N–H and O–H groups in total. The number of aldehydes is 1. The minimum atomic E-state index is 0.550. The average molecular weight is 249 g/mol. The first-order valence-corrected chi connectivity index (χ1v) is 6.10. The summed E-state index contributed by atoms with van der Waals surface area (Å²) in [5.74, 6) is 1.46. The van der Waals surface area contributed by atoms with Crippen LogP contribution in [0.4, 0.5) is 0 Å². The fourth-order valence-corrected chi connectivity index (χ4v) is 2.29. The van der Waals surface area contributed by atoms with E-state index < -0.39 is 0 Å². The minimum absolute atomic E-state index is 0.550. The molecule has 1 rings (SSSR count). The molecule has 0 aliphatic rings. The summed E-state index contributed by atoms with van der Waals surface area (Å²) < 4.78 is 0. The van der Waals surface area contributed by atoms with Crippen LogP contribution in [-0.2, 0) is 11.2 Å². The Morgan fingerprint density at radius 2 is 1.86 bits per heavy atom. The van der Waals surface area contributed by atoms with Crippen LogP contribution in [0.2, 0.25) is 10.0 Å². The van der Waals surface area contributed by atoms with E-state index in [4.69, 9.17) is 23.2 Å². The van der Waals surface area contributed by atoms with Crippen molar-refractivity contribution in [3.05, 3.63) is 33.8 Å². The van der Waals surface area contributed by atoms with Crippen LogP contribution in [0.25, 0.3) is 0 Å². The molecule has 0 aliphatic carbocycles. The number of benzene rings is 1. The summed E-state index contributed by atoms with van der Waals surface area (Å²) in [4.78, 5) is 10.1. The van der Waals surface area contributed by atoms with Crippen molar-refractivity contribution >= 4 is 41.2 Å². The molecule has 0 fully saturated rings. The maximum atomic E-state index is 10.1. The van der Waals surface area contributed by atoms with E-state index in [0.29, 0.717) is 15.8 Å². The summed E-state index contributed by atoms with van der Waals surface area (Å²) in [7, 11) is 0. The van der Waals surface area contributed by atoms with Gasteiger partial charge in [-0.1, -0.05) is 23.2 Å². The molecule has 0 heterocycles. The van der Waals surface area contributed by atoms with E-state index in [0.717, 1.165) is 24.0 Å². The fourth-order valence-electron chi connectivity index (χ4n) is 1.08. The Morgan fingerprint density at radius 1 is 1.21 bits per heavy atom. The predicted octanol–water partition coefficient (Wildman–Crippen LogP) is 3.47. The molecular weight excluding hydrogens is 239 g/mol.